The second-order valence-electron chi connectivity index (χ2n) is 18.1. The maximum absolute atomic E-state index is 2.60. The Morgan fingerprint density at radius 2 is 0.515 bits per heavy atom. The van der Waals surface area contributed by atoms with Crippen LogP contribution in [0.25, 0.3) is 143 Å². The normalized spacial score (nSPS) is 12.8. The lowest BCUT2D eigenvalue weighted by Gasteiger charge is -2.21. The summed E-state index contributed by atoms with van der Waals surface area (Å²) in [6, 6.07) is 76.6. The van der Waals surface area contributed by atoms with E-state index in [1.54, 1.807) is 0 Å². The van der Waals surface area contributed by atoms with E-state index < -0.39 is 0 Å². The second-order valence-corrected chi connectivity index (χ2v) is 18.1. The highest BCUT2D eigenvalue weighted by Crippen LogP contribution is 2.49. The largest absolute Gasteiger partial charge is 0.306 e. The van der Waals surface area contributed by atoms with E-state index in [4.69, 9.17) is 0 Å². The van der Waals surface area contributed by atoms with Gasteiger partial charge in [0, 0.05) is 54.5 Å². The second kappa shape index (κ2) is 11.6. The summed E-state index contributed by atoms with van der Waals surface area (Å²) in [5.41, 5.74) is 21.3. The van der Waals surface area contributed by atoms with Gasteiger partial charge in [0.05, 0.1) is 88.3 Å². The number of rotatable bonds is 2. The van der Waals surface area contributed by atoms with Crippen molar-refractivity contribution in [3.05, 3.63) is 206 Å². The van der Waals surface area contributed by atoms with Gasteiger partial charge in [-0.3, -0.25) is 0 Å². The number of para-hydroxylation sites is 8. The Bertz CT molecular complexity index is 4660. The Morgan fingerprint density at radius 3 is 0.939 bits per heavy atom. The van der Waals surface area contributed by atoms with Crippen LogP contribution in [0.5, 0.6) is 0 Å². The van der Waals surface area contributed by atoms with Gasteiger partial charge in [0.1, 0.15) is 0 Å². The highest BCUT2D eigenvalue weighted by atomic mass is 15.1. The van der Waals surface area contributed by atoms with Crippen LogP contribution in [-0.4, -0.2) is 26.7 Å². The molecule has 0 saturated heterocycles. The molecule has 7 heterocycles. The third-order valence-corrected chi connectivity index (χ3v) is 15.0. The molecule has 7 aromatic heterocycles. The molecule has 0 fully saturated rings. The van der Waals surface area contributed by atoms with Crippen molar-refractivity contribution in [3.8, 4) is 11.4 Å². The van der Waals surface area contributed by atoms with E-state index in [0.29, 0.717) is 0 Å². The van der Waals surface area contributed by atoms with Crippen molar-refractivity contribution < 1.29 is 0 Å². The Balaban J connectivity index is 1.24. The minimum Gasteiger partial charge on any atom is -0.306 e. The van der Waals surface area contributed by atoms with Crippen molar-refractivity contribution in [1.29, 1.82) is 0 Å². The van der Waals surface area contributed by atoms with Crippen molar-refractivity contribution >= 4 is 131 Å². The molecule has 0 unspecified atom stereocenters. The molecule has 6 nitrogen and oxygen atoms in total. The van der Waals surface area contributed by atoms with Crippen molar-refractivity contribution in [3.63, 3.8) is 0 Å². The first-order valence-corrected chi connectivity index (χ1v) is 22.8. The third kappa shape index (κ3) is 3.74. The molecule has 0 bridgehead atoms. The van der Waals surface area contributed by atoms with E-state index >= 15 is 0 Å². The summed E-state index contributed by atoms with van der Waals surface area (Å²) in [5, 5.41) is 9.97. The van der Waals surface area contributed by atoms with Crippen LogP contribution in [0.1, 0.15) is 0 Å². The minimum atomic E-state index is 1.13. The topological polar surface area (TPSA) is 27.5 Å². The maximum Gasteiger partial charge on any atom is 0.0806 e. The van der Waals surface area contributed by atoms with Crippen LogP contribution >= 0.6 is 0 Å². The zero-order valence-electron chi connectivity index (χ0n) is 35.3. The number of fused-ring (bicyclic) bond motifs is 20. The Labute approximate surface area is 374 Å². The molecule has 17 rings (SSSR count). The van der Waals surface area contributed by atoms with Crippen LogP contribution in [0, 0.1) is 0 Å². The molecule has 0 atom stereocenters. The molecule has 304 valence electrons. The zero-order chi connectivity index (χ0) is 42.5. The predicted octanol–water partition coefficient (Wildman–Crippen LogP) is 15.2. The summed E-state index contributed by atoms with van der Waals surface area (Å²) in [6.45, 7) is 0. The SMILES string of the molecule is c1ccc(-n2c3cccc4c5ccccc5n(c43)c3c4c5ccccc5n5c6cc7c(c8c9ccccc9n(c(cc32)c45)c86)n2c3ccccc3c3cccc(c32)n7-c2ccccc2)cc1. The van der Waals surface area contributed by atoms with Gasteiger partial charge in [0.2, 0.25) is 0 Å². The van der Waals surface area contributed by atoms with E-state index in [2.05, 4.69) is 233 Å². The summed E-state index contributed by atoms with van der Waals surface area (Å²) in [6.07, 6.45) is 0. The van der Waals surface area contributed by atoms with Crippen molar-refractivity contribution in [2.75, 3.05) is 0 Å². The average Bonchev–Trinajstić information content (AvgIpc) is 4.12. The first kappa shape index (κ1) is 33.5. The molecule has 0 aliphatic rings. The molecule has 0 saturated carbocycles. The van der Waals surface area contributed by atoms with Gasteiger partial charge in [-0.25, -0.2) is 0 Å². The van der Waals surface area contributed by atoms with Gasteiger partial charge in [-0.15, -0.1) is 0 Å². The number of aromatic nitrogens is 6. The maximum atomic E-state index is 2.60. The molecule has 0 amide bonds. The van der Waals surface area contributed by atoms with E-state index in [1.165, 1.54) is 120 Å². The fraction of sp³-hybridized carbons (Fsp3) is 0. The van der Waals surface area contributed by atoms with Crippen LogP contribution in [0.4, 0.5) is 0 Å². The number of hydrogen-bond donors (Lipinski definition) is 0. The molecule has 0 radical (unpaired) electrons. The predicted molar refractivity (Wildman–Crippen MR) is 275 cm³/mol. The highest BCUT2D eigenvalue weighted by molar-refractivity contribution is 6.33. The molecule has 10 aromatic carbocycles. The van der Waals surface area contributed by atoms with Crippen molar-refractivity contribution in [2.45, 2.75) is 0 Å². The number of hydrogen-bond acceptors (Lipinski definition) is 0. The summed E-state index contributed by atoms with van der Waals surface area (Å²) in [5.74, 6) is 0. The summed E-state index contributed by atoms with van der Waals surface area (Å²) >= 11 is 0. The summed E-state index contributed by atoms with van der Waals surface area (Å²) in [4.78, 5) is 0. The lowest BCUT2D eigenvalue weighted by molar-refractivity contribution is 1.13. The molecule has 17 aromatic rings. The molecule has 6 heteroatoms. The highest BCUT2D eigenvalue weighted by Gasteiger charge is 2.30. The van der Waals surface area contributed by atoms with Crippen LogP contribution in [-0.2, 0) is 0 Å². The Kier molecular flexibility index (Phi) is 5.88. The van der Waals surface area contributed by atoms with Crippen LogP contribution in [0.3, 0.4) is 0 Å². The first-order valence-electron chi connectivity index (χ1n) is 22.8. The van der Waals surface area contributed by atoms with Crippen molar-refractivity contribution in [1.82, 2.24) is 26.7 Å². The molecule has 0 aliphatic heterocycles. The molecule has 0 aliphatic carbocycles. The first-order chi connectivity index (χ1) is 32.8. The van der Waals surface area contributed by atoms with Crippen molar-refractivity contribution in [2.24, 2.45) is 0 Å². The quantitative estimate of drug-likeness (QED) is 0.155. The van der Waals surface area contributed by atoms with Gasteiger partial charge in [-0.05, 0) is 72.8 Å². The monoisotopic (exact) mass is 838 g/mol. The van der Waals surface area contributed by atoms with Gasteiger partial charge in [-0.2, -0.15) is 0 Å². The lowest BCUT2D eigenvalue weighted by Crippen LogP contribution is -2.07. The van der Waals surface area contributed by atoms with E-state index in [1.807, 2.05) is 0 Å². The van der Waals surface area contributed by atoms with E-state index in [9.17, 15) is 0 Å². The average molecular weight is 839 g/mol. The van der Waals surface area contributed by atoms with Gasteiger partial charge in [0.15, 0.2) is 0 Å². The van der Waals surface area contributed by atoms with Crippen LogP contribution in [0.15, 0.2) is 206 Å². The van der Waals surface area contributed by atoms with E-state index in [-0.39, 0.29) is 0 Å². The smallest absolute Gasteiger partial charge is 0.0806 e. The lowest BCUT2D eigenvalue weighted by atomic mass is 10.1. The van der Waals surface area contributed by atoms with Gasteiger partial charge >= 0.3 is 0 Å². The standard InChI is InChI=1S/C60H34N6/c1-3-17-35(18-4-1)61-47-31-15-25-39-37-21-7-11-27-43(37)65(55(39)47)59-49(61)33-51-57-53(59)41-23-9-13-29-45(41)64(57)52-34-50-60(54-42-24-10-14-30-46(42)63(51)58(52)54)66-44-28-12-8-22-38(44)40-26-16-32-48(56(40)66)62(50)36-19-5-2-6-20-36/h1-34H. The minimum absolute atomic E-state index is 1.13. The third-order valence-electron chi connectivity index (χ3n) is 15.0. The fourth-order valence-corrected chi connectivity index (χ4v) is 12.7. The molecule has 66 heavy (non-hydrogen) atoms. The molecular weight excluding hydrogens is 805 g/mol. The van der Waals surface area contributed by atoms with Crippen LogP contribution in [0.2, 0.25) is 0 Å². The summed E-state index contributed by atoms with van der Waals surface area (Å²) < 4.78 is 15.4. The van der Waals surface area contributed by atoms with E-state index in [0.717, 1.165) is 22.4 Å². The molecule has 0 spiro atoms. The number of benzene rings is 10. The van der Waals surface area contributed by atoms with Crippen LogP contribution < -0.4 is 0 Å². The van der Waals surface area contributed by atoms with Gasteiger partial charge in [0.25, 0.3) is 0 Å². The Hall–Kier alpha value is -9.00. The molecular formula is C60H34N6. The Morgan fingerprint density at radius 1 is 0.197 bits per heavy atom. The zero-order valence-corrected chi connectivity index (χ0v) is 35.3. The number of nitrogens with zero attached hydrogens (tertiary/aromatic N) is 6. The molecule has 0 N–H and O–H groups in total. The fourth-order valence-electron chi connectivity index (χ4n) is 12.7. The van der Waals surface area contributed by atoms with Gasteiger partial charge in [-0.1, -0.05) is 133 Å². The van der Waals surface area contributed by atoms with Gasteiger partial charge < -0.3 is 26.7 Å². The summed E-state index contributed by atoms with van der Waals surface area (Å²) in [7, 11) is 0.